The number of likely N-dealkylation sites (N-methyl/N-ethyl adjacent to an activating group) is 1. The lowest BCUT2D eigenvalue weighted by Gasteiger charge is -2.23. The average Bonchev–Trinajstić information content (AvgIpc) is 2.98. The summed E-state index contributed by atoms with van der Waals surface area (Å²) in [6, 6.07) is 6.60. The van der Waals surface area contributed by atoms with Crippen LogP contribution in [0.1, 0.15) is 39.5 Å². The van der Waals surface area contributed by atoms with Gasteiger partial charge in [0.2, 0.25) is 29.5 Å². The minimum atomic E-state index is -0.431. The molecule has 0 unspecified atom stereocenters. The van der Waals surface area contributed by atoms with Gasteiger partial charge in [-0.3, -0.25) is 28.9 Å². The quantitative estimate of drug-likeness (QED) is 0.640. The summed E-state index contributed by atoms with van der Waals surface area (Å²) in [4.78, 5) is 63.8. The SMILES string of the molecule is CCN(CC(=O)Nc1ccc(NC(C)=O)cc1)C(=O)CN1C(=O)[C@H]2CCCC[C@@H]2C1=O. The minimum absolute atomic E-state index is 0.189. The first-order chi connectivity index (χ1) is 14.8. The summed E-state index contributed by atoms with van der Waals surface area (Å²) in [5.74, 6) is -2.14. The van der Waals surface area contributed by atoms with Crippen molar-refractivity contribution in [1.29, 1.82) is 0 Å². The second kappa shape index (κ2) is 9.72. The van der Waals surface area contributed by atoms with E-state index in [0.29, 0.717) is 24.2 Å². The van der Waals surface area contributed by atoms with E-state index in [2.05, 4.69) is 10.6 Å². The van der Waals surface area contributed by atoms with Crippen LogP contribution in [0.25, 0.3) is 0 Å². The maximum atomic E-state index is 12.7. The van der Waals surface area contributed by atoms with Crippen LogP contribution in [0, 0.1) is 11.8 Å². The molecular formula is C22H28N4O5. The second-order valence-electron chi connectivity index (χ2n) is 7.97. The van der Waals surface area contributed by atoms with Gasteiger partial charge in [0.1, 0.15) is 6.54 Å². The minimum Gasteiger partial charge on any atom is -0.332 e. The largest absolute Gasteiger partial charge is 0.332 e. The molecule has 1 saturated heterocycles. The molecule has 9 nitrogen and oxygen atoms in total. The Morgan fingerprint density at radius 2 is 1.48 bits per heavy atom. The third-order valence-electron chi connectivity index (χ3n) is 5.78. The Hall–Kier alpha value is -3.23. The fourth-order valence-corrected chi connectivity index (χ4v) is 4.21. The highest BCUT2D eigenvalue weighted by Crippen LogP contribution is 2.37. The van der Waals surface area contributed by atoms with Crippen LogP contribution < -0.4 is 10.6 Å². The molecule has 1 heterocycles. The van der Waals surface area contributed by atoms with E-state index in [0.717, 1.165) is 17.7 Å². The van der Waals surface area contributed by atoms with Crippen LogP contribution in [-0.2, 0) is 24.0 Å². The number of anilines is 2. The third-order valence-corrected chi connectivity index (χ3v) is 5.78. The summed E-state index contributed by atoms with van der Waals surface area (Å²) >= 11 is 0. The zero-order valence-electron chi connectivity index (χ0n) is 17.8. The van der Waals surface area contributed by atoms with E-state index in [1.807, 2.05) is 0 Å². The summed E-state index contributed by atoms with van der Waals surface area (Å²) in [6.45, 7) is 2.91. The number of amides is 5. The Kier molecular flexibility index (Phi) is 7.04. The zero-order valence-corrected chi connectivity index (χ0v) is 17.8. The Morgan fingerprint density at radius 3 is 1.97 bits per heavy atom. The highest BCUT2D eigenvalue weighted by atomic mass is 16.2. The molecule has 1 aromatic rings. The molecule has 2 fully saturated rings. The standard InChI is InChI=1S/C22H28N4O5/c1-3-25(12-19(28)24-16-10-8-15(9-11-16)23-14(2)27)20(29)13-26-21(30)17-6-4-5-7-18(17)22(26)31/h8-11,17-18H,3-7,12-13H2,1-2H3,(H,23,27)(H,24,28)/t17-,18-/m0/s1. The molecule has 31 heavy (non-hydrogen) atoms. The second-order valence-corrected chi connectivity index (χ2v) is 7.97. The van der Waals surface area contributed by atoms with Gasteiger partial charge in [-0.2, -0.15) is 0 Å². The van der Waals surface area contributed by atoms with Crippen LogP contribution in [0.2, 0.25) is 0 Å². The van der Waals surface area contributed by atoms with E-state index < -0.39 is 11.8 Å². The number of carbonyl (C=O) groups is 5. The lowest BCUT2D eigenvalue weighted by atomic mass is 9.81. The maximum Gasteiger partial charge on any atom is 0.243 e. The molecule has 0 spiro atoms. The Balaban J connectivity index is 1.55. The molecule has 2 atom stereocenters. The first-order valence-corrected chi connectivity index (χ1v) is 10.6. The highest BCUT2D eigenvalue weighted by molar-refractivity contribution is 6.07. The van der Waals surface area contributed by atoms with Crippen molar-refractivity contribution >= 4 is 40.9 Å². The van der Waals surface area contributed by atoms with Gasteiger partial charge in [0.05, 0.1) is 18.4 Å². The van der Waals surface area contributed by atoms with Gasteiger partial charge < -0.3 is 15.5 Å². The maximum absolute atomic E-state index is 12.7. The first kappa shape index (κ1) is 22.5. The van der Waals surface area contributed by atoms with E-state index in [9.17, 15) is 24.0 Å². The molecule has 9 heteroatoms. The lowest BCUT2D eigenvalue weighted by molar-refractivity contribution is -0.146. The first-order valence-electron chi connectivity index (χ1n) is 10.6. The van der Waals surface area contributed by atoms with Crippen molar-refractivity contribution in [2.24, 2.45) is 11.8 Å². The Labute approximate surface area is 181 Å². The van der Waals surface area contributed by atoms with Gasteiger partial charge in [-0.25, -0.2) is 0 Å². The van der Waals surface area contributed by atoms with Gasteiger partial charge in [-0.15, -0.1) is 0 Å². The van der Waals surface area contributed by atoms with Crippen molar-refractivity contribution in [3.63, 3.8) is 0 Å². The number of imide groups is 1. The summed E-state index contributed by atoms with van der Waals surface area (Å²) in [7, 11) is 0. The van der Waals surface area contributed by atoms with Gasteiger partial charge in [-0.1, -0.05) is 12.8 Å². The number of hydrogen-bond donors (Lipinski definition) is 2. The van der Waals surface area contributed by atoms with Gasteiger partial charge >= 0.3 is 0 Å². The van der Waals surface area contributed by atoms with Crippen molar-refractivity contribution in [3.05, 3.63) is 24.3 Å². The molecule has 0 aromatic heterocycles. The summed E-state index contributed by atoms with van der Waals surface area (Å²) in [5, 5.41) is 5.34. The molecule has 166 valence electrons. The van der Waals surface area contributed by atoms with Crippen LogP contribution in [0.15, 0.2) is 24.3 Å². The van der Waals surface area contributed by atoms with Crippen molar-refractivity contribution < 1.29 is 24.0 Å². The molecule has 2 N–H and O–H groups in total. The molecule has 0 bridgehead atoms. The fraction of sp³-hybridized carbons (Fsp3) is 0.500. The number of rotatable bonds is 7. The van der Waals surface area contributed by atoms with Crippen LogP contribution in [-0.4, -0.2) is 59.0 Å². The number of fused-ring (bicyclic) bond motifs is 1. The summed E-state index contributed by atoms with van der Waals surface area (Å²) in [6.07, 6.45) is 3.24. The molecule has 1 aliphatic carbocycles. The average molecular weight is 428 g/mol. The van der Waals surface area contributed by atoms with Crippen LogP contribution >= 0.6 is 0 Å². The van der Waals surface area contributed by atoms with Gasteiger partial charge in [0.15, 0.2) is 0 Å². The number of nitrogens with one attached hydrogen (secondary N) is 2. The molecule has 2 aliphatic rings. The van der Waals surface area contributed by atoms with E-state index in [-0.39, 0.29) is 49.2 Å². The number of carbonyl (C=O) groups excluding carboxylic acids is 5. The molecular weight excluding hydrogens is 400 g/mol. The fourth-order valence-electron chi connectivity index (χ4n) is 4.21. The van der Waals surface area contributed by atoms with Crippen LogP contribution in [0.3, 0.4) is 0 Å². The predicted molar refractivity (Wildman–Crippen MR) is 114 cm³/mol. The number of nitrogens with zero attached hydrogens (tertiary/aromatic N) is 2. The van der Waals surface area contributed by atoms with Crippen molar-refractivity contribution in [2.75, 3.05) is 30.3 Å². The predicted octanol–water partition coefficient (Wildman–Crippen LogP) is 1.61. The van der Waals surface area contributed by atoms with E-state index >= 15 is 0 Å². The molecule has 1 saturated carbocycles. The summed E-state index contributed by atoms with van der Waals surface area (Å²) < 4.78 is 0. The van der Waals surface area contributed by atoms with Crippen molar-refractivity contribution in [3.8, 4) is 0 Å². The van der Waals surface area contributed by atoms with Gasteiger partial charge in [0.25, 0.3) is 0 Å². The zero-order chi connectivity index (χ0) is 22.5. The monoisotopic (exact) mass is 428 g/mol. The third kappa shape index (κ3) is 5.28. The van der Waals surface area contributed by atoms with Crippen LogP contribution in [0.5, 0.6) is 0 Å². The van der Waals surface area contributed by atoms with Gasteiger partial charge in [-0.05, 0) is 44.0 Å². The van der Waals surface area contributed by atoms with Crippen LogP contribution in [0.4, 0.5) is 11.4 Å². The molecule has 3 rings (SSSR count). The number of likely N-dealkylation sites (tertiary alicyclic amines) is 1. The molecule has 5 amide bonds. The highest BCUT2D eigenvalue weighted by Gasteiger charge is 2.48. The van der Waals surface area contributed by atoms with E-state index in [1.165, 1.54) is 11.8 Å². The van der Waals surface area contributed by atoms with Gasteiger partial charge in [0, 0.05) is 24.8 Å². The van der Waals surface area contributed by atoms with Crippen molar-refractivity contribution in [2.45, 2.75) is 39.5 Å². The molecule has 1 aromatic carbocycles. The smallest absolute Gasteiger partial charge is 0.243 e. The van der Waals surface area contributed by atoms with Crippen molar-refractivity contribution in [1.82, 2.24) is 9.80 Å². The van der Waals surface area contributed by atoms with E-state index in [1.54, 1.807) is 31.2 Å². The molecule has 1 aliphatic heterocycles. The molecule has 0 radical (unpaired) electrons. The summed E-state index contributed by atoms with van der Waals surface area (Å²) in [5.41, 5.74) is 1.13. The number of benzene rings is 1. The topological polar surface area (TPSA) is 116 Å². The Bertz CT molecular complexity index is 858. The van der Waals surface area contributed by atoms with E-state index in [4.69, 9.17) is 0 Å². The Morgan fingerprint density at radius 1 is 0.968 bits per heavy atom. The normalized spacial score (nSPS) is 20.3. The number of hydrogen-bond acceptors (Lipinski definition) is 5. The lowest BCUT2D eigenvalue weighted by Crippen LogP contribution is -2.45.